The van der Waals surface area contributed by atoms with Crippen molar-refractivity contribution in [1.29, 1.82) is 0 Å². The Labute approximate surface area is 196 Å². The molecule has 1 aliphatic rings. The first-order valence-electron chi connectivity index (χ1n) is 10.4. The minimum absolute atomic E-state index is 0.123. The van der Waals surface area contributed by atoms with Gasteiger partial charge in [-0.1, -0.05) is 13.0 Å². The molecule has 1 saturated heterocycles. The van der Waals surface area contributed by atoms with Crippen molar-refractivity contribution in [3.63, 3.8) is 0 Å². The van der Waals surface area contributed by atoms with Crippen LogP contribution in [-0.4, -0.2) is 36.3 Å². The van der Waals surface area contributed by atoms with Crippen LogP contribution in [0, 0.1) is 22.8 Å². The van der Waals surface area contributed by atoms with Crippen molar-refractivity contribution in [2.75, 3.05) is 11.9 Å². The number of nitrogens with two attached hydrogens (primary N) is 1. The lowest BCUT2D eigenvalue weighted by molar-refractivity contribution is -0.607. The number of halogens is 5. The molecule has 1 aromatic heterocycles. The molecule has 4 atom stereocenters. The number of alkyl halides is 3. The van der Waals surface area contributed by atoms with Gasteiger partial charge in [-0.25, -0.2) is 4.39 Å². The molecule has 3 N–H and O–H groups in total. The summed E-state index contributed by atoms with van der Waals surface area (Å²) in [6, 6.07) is 3.80. The molecule has 35 heavy (non-hydrogen) atoms. The number of carbonyl (C=O) groups is 2. The van der Waals surface area contributed by atoms with Crippen molar-refractivity contribution in [3.05, 3.63) is 58.6 Å². The molecule has 0 radical (unpaired) electrons. The molecule has 2 aromatic rings. The maximum atomic E-state index is 14.5. The van der Waals surface area contributed by atoms with Crippen LogP contribution in [0.25, 0.3) is 0 Å². The Morgan fingerprint density at radius 2 is 1.94 bits per heavy atom. The number of nitrogens with zero attached hydrogens (tertiary/aromatic N) is 1. The SMILES string of the molecule is CCOc1c([C@H]2[C@H](C(=O)Nc3cc[n+]([O-])c(C(N)=O)c3)O[C@](C)(C(F)(F)F)[C@H]2C)ccc(F)c1F. The van der Waals surface area contributed by atoms with Crippen LogP contribution in [0.15, 0.2) is 30.5 Å². The fraction of sp³-hybridized carbons (Fsp3) is 0.409. The third kappa shape index (κ3) is 4.59. The third-order valence-corrected chi connectivity index (χ3v) is 6.09. The highest BCUT2D eigenvalue weighted by Gasteiger charge is 2.66. The molecule has 0 unspecified atom stereocenters. The highest BCUT2D eigenvalue weighted by Crippen LogP contribution is 2.55. The van der Waals surface area contributed by atoms with Gasteiger partial charge in [0, 0.05) is 29.5 Å². The fourth-order valence-corrected chi connectivity index (χ4v) is 4.08. The first-order valence-corrected chi connectivity index (χ1v) is 10.4. The van der Waals surface area contributed by atoms with Crippen molar-refractivity contribution in [1.82, 2.24) is 0 Å². The van der Waals surface area contributed by atoms with Gasteiger partial charge in [0.15, 0.2) is 23.4 Å². The first kappa shape index (κ1) is 26.1. The van der Waals surface area contributed by atoms with Crippen LogP contribution in [0.4, 0.5) is 27.6 Å². The summed E-state index contributed by atoms with van der Waals surface area (Å²) in [6.07, 6.45) is -5.89. The number of rotatable bonds is 6. The quantitative estimate of drug-likeness (QED) is 0.357. The second kappa shape index (κ2) is 9.29. The Bertz CT molecular complexity index is 1160. The van der Waals surface area contributed by atoms with E-state index in [4.69, 9.17) is 15.2 Å². The van der Waals surface area contributed by atoms with Crippen molar-refractivity contribution in [2.24, 2.45) is 11.7 Å². The van der Waals surface area contributed by atoms with Crippen LogP contribution in [0.1, 0.15) is 42.7 Å². The number of primary amides is 1. The van der Waals surface area contributed by atoms with E-state index < -0.39 is 64.6 Å². The van der Waals surface area contributed by atoms with Gasteiger partial charge in [-0.2, -0.15) is 22.3 Å². The first-order chi connectivity index (χ1) is 16.2. The van der Waals surface area contributed by atoms with Crippen LogP contribution in [0.5, 0.6) is 5.75 Å². The molecule has 1 aliphatic heterocycles. The number of carbonyl (C=O) groups excluding carboxylic acids is 2. The zero-order valence-electron chi connectivity index (χ0n) is 18.8. The van der Waals surface area contributed by atoms with Gasteiger partial charge in [-0.15, -0.1) is 0 Å². The van der Waals surface area contributed by atoms with Gasteiger partial charge in [0.2, 0.25) is 5.82 Å². The van der Waals surface area contributed by atoms with Crippen LogP contribution in [0.2, 0.25) is 0 Å². The molecule has 2 heterocycles. The molecule has 13 heteroatoms. The largest absolute Gasteiger partial charge is 0.618 e. The monoisotopic (exact) mass is 503 g/mol. The normalized spacial score (nSPS) is 24.3. The summed E-state index contributed by atoms with van der Waals surface area (Å²) in [7, 11) is 0. The van der Waals surface area contributed by atoms with Crippen molar-refractivity contribution in [2.45, 2.75) is 44.6 Å². The summed E-state index contributed by atoms with van der Waals surface area (Å²) >= 11 is 0. The molecule has 0 spiro atoms. The fourth-order valence-electron chi connectivity index (χ4n) is 4.08. The minimum atomic E-state index is -4.93. The predicted molar refractivity (Wildman–Crippen MR) is 111 cm³/mol. The molecule has 1 aromatic carbocycles. The van der Waals surface area contributed by atoms with E-state index in [0.29, 0.717) is 0 Å². The molecule has 0 saturated carbocycles. The minimum Gasteiger partial charge on any atom is -0.618 e. The molecule has 1 fully saturated rings. The smallest absolute Gasteiger partial charge is 0.417 e. The van der Waals surface area contributed by atoms with Gasteiger partial charge in [-0.3, -0.25) is 9.59 Å². The maximum absolute atomic E-state index is 14.5. The summed E-state index contributed by atoms with van der Waals surface area (Å²) in [5.74, 6) is -8.36. The number of amides is 2. The molecular weight excluding hydrogens is 481 g/mol. The number of nitrogens with one attached hydrogen (secondary N) is 1. The lowest BCUT2D eigenvalue weighted by Gasteiger charge is -2.32. The Morgan fingerprint density at radius 3 is 2.51 bits per heavy atom. The van der Waals surface area contributed by atoms with Gasteiger partial charge in [-0.05, 0) is 19.9 Å². The number of anilines is 1. The van der Waals surface area contributed by atoms with Crippen molar-refractivity contribution in [3.8, 4) is 5.75 Å². The van der Waals surface area contributed by atoms with E-state index in [0.717, 1.165) is 37.4 Å². The Kier molecular flexibility index (Phi) is 6.93. The van der Waals surface area contributed by atoms with Crippen LogP contribution >= 0.6 is 0 Å². The molecule has 3 rings (SSSR count). The van der Waals surface area contributed by atoms with E-state index in [1.165, 1.54) is 13.8 Å². The van der Waals surface area contributed by atoms with Gasteiger partial charge in [0.25, 0.3) is 11.6 Å². The Balaban J connectivity index is 2.09. The molecule has 0 aliphatic carbocycles. The standard InChI is InChI=1S/C22H22F5N3O5/c1-4-34-17-12(5-6-13(23)16(17)24)15-10(2)21(3,22(25,26)27)35-18(15)20(32)29-11-7-8-30(33)14(9-11)19(28)31/h5-10,15,18H,4H2,1-3H3,(H2,28,31)(H,29,32)/t10-,15-,18+,21-/m0/s1. The predicted octanol–water partition coefficient (Wildman–Crippen LogP) is 3.17. The summed E-state index contributed by atoms with van der Waals surface area (Å²) in [5.41, 5.74) is 1.44. The number of aromatic nitrogens is 1. The summed E-state index contributed by atoms with van der Waals surface area (Å²) < 4.78 is 81.1. The van der Waals surface area contributed by atoms with E-state index in [1.807, 2.05) is 0 Å². The highest BCUT2D eigenvalue weighted by atomic mass is 19.4. The molecule has 0 bridgehead atoms. The number of ether oxygens (including phenoxy) is 2. The van der Waals surface area contributed by atoms with E-state index in [1.54, 1.807) is 0 Å². The van der Waals surface area contributed by atoms with E-state index >= 15 is 0 Å². The maximum Gasteiger partial charge on any atom is 0.417 e. The number of pyridine rings is 1. The van der Waals surface area contributed by atoms with Crippen LogP contribution in [0.3, 0.4) is 0 Å². The second-order valence-electron chi connectivity index (χ2n) is 8.15. The zero-order chi connectivity index (χ0) is 26.3. The van der Waals surface area contributed by atoms with E-state index in [9.17, 15) is 36.7 Å². The highest BCUT2D eigenvalue weighted by molar-refractivity contribution is 5.97. The lowest BCUT2D eigenvalue weighted by atomic mass is 9.77. The third-order valence-electron chi connectivity index (χ3n) is 6.09. The van der Waals surface area contributed by atoms with Gasteiger partial charge < -0.3 is 25.7 Å². The number of hydrogen-bond donors (Lipinski definition) is 2. The van der Waals surface area contributed by atoms with Crippen molar-refractivity contribution < 1.29 is 45.7 Å². The van der Waals surface area contributed by atoms with E-state index in [2.05, 4.69) is 5.32 Å². The number of hydrogen-bond acceptors (Lipinski definition) is 5. The Morgan fingerprint density at radius 1 is 1.29 bits per heavy atom. The number of benzene rings is 1. The van der Waals surface area contributed by atoms with Crippen LogP contribution < -0.4 is 20.5 Å². The molecular formula is C22H22F5N3O5. The van der Waals surface area contributed by atoms with Gasteiger partial charge >= 0.3 is 12.1 Å². The zero-order valence-corrected chi connectivity index (χ0v) is 18.8. The summed E-state index contributed by atoms with van der Waals surface area (Å²) in [5, 5.41) is 14.0. The lowest BCUT2D eigenvalue weighted by Crippen LogP contribution is -2.47. The molecule has 190 valence electrons. The summed E-state index contributed by atoms with van der Waals surface area (Å²) in [4.78, 5) is 24.5. The van der Waals surface area contributed by atoms with E-state index in [-0.39, 0.29) is 22.6 Å². The average molecular weight is 503 g/mol. The molecule has 2 amide bonds. The van der Waals surface area contributed by atoms with Crippen molar-refractivity contribution >= 4 is 17.5 Å². The summed E-state index contributed by atoms with van der Waals surface area (Å²) in [6.45, 7) is 3.28. The average Bonchev–Trinajstić information content (AvgIpc) is 3.05. The van der Waals surface area contributed by atoms with Gasteiger partial charge in [0.05, 0.1) is 12.3 Å². The van der Waals surface area contributed by atoms with Crippen LogP contribution in [-0.2, 0) is 9.53 Å². The van der Waals surface area contributed by atoms with Gasteiger partial charge in [0.1, 0.15) is 6.10 Å². The second-order valence-corrected chi connectivity index (χ2v) is 8.15. The topological polar surface area (TPSA) is 118 Å². The molecule has 8 nitrogen and oxygen atoms in total. The Hall–Kier alpha value is -3.48.